The SMILES string of the molecule is CC.CCOC(=O)CC1CCN(C)CC1. The molecule has 0 aromatic heterocycles. The fourth-order valence-electron chi connectivity index (χ4n) is 1.72. The molecule has 3 nitrogen and oxygen atoms in total. The van der Waals surface area contributed by atoms with Crippen LogP contribution >= 0.6 is 0 Å². The molecule has 0 spiro atoms. The summed E-state index contributed by atoms with van der Waals surface area (Å²) in [6, 6.07) is 0. The second-order valence-electron chi connectivity index (χ2n) is 3.76. The molecule has 1 saturated heterocycles. The first-order chi connectivity index (χ1) is 7.22. The van der Waals surface area contributed by atoms with E-state index in [4.69, 9.17) is 4.74 Å². The van der Waals surface area contributed by atoms with Gasteiger partial charge >= 0.3 is 5.97 Å². The Kier molecular flexibility index (Phi) is 8.38. The summed E-state index contributed by atoms with van der Waals surface area (Å²) in [5.74, 6) is 0.521. The Hall–Kier alpha value is -0.570. The third kappa shape index (κ3) is 6.50. The highest BCUT2D eigenvalue weighted by Gasteiger charge is 2.19. The van der Waals surface area contributed by atoms with Gasteiger partial charge in [0, 0.05) is 6.42 Å². The summed E-state index contributed by atoms with van der Waals surface area (Å²) < 4.78 is 4.92. The first kappa shape index (κ1) is 14.4. The lowest BCUT2D eigenvalue weighted by Crippen LogP contribution is -2.31. The monoisotopic (exact) mass is 215 g/mol. The maximum atomic E-state index is 11.2. The Morgan fingerprint density at radius 3 is 2.33 bits per heavy atom. The number of rotatable bonds is 3. The van der Waals surface area contributed by atoms with Crippen molar-refractivity contribution in [3.05, 3.63) is 0 Å². The van der Waals surface area contributed by atoms with Crippen molar-refractivity contribution >= 4 is 5.97 Å². The van der Waals surface area contributed by atoms with Gasteiger partial charge in [0.2, 0.25) is 0 Å². The smallest absolute Gasteiger partial charge is 0.306 e. The van der Waals surface area contributed by atoms with Crippen LogP contribution < -0.4 is 0 Å². The second kappa shape index (κ2) is 8.72. The van der Waals surface area contributed by atoms with Crippen molar-refractivity contribution in [2.45, 2.75) is 40.0 Å². The average Bonchev–Trinajstić information content (AvgIpc) is 2.25. The van der Waals surface area contributed by atoms with Gasteiger partial charge in [0.15, 0.2) is 0 Å². The molecule has 0 amide bonds. The van der Waals surface area contributed by atoms with Crippen LogP contribution in [0, 0.1) is 5.92 Å². The minimum atomic E-state index is -0.0305. The molecule has 1 rings (SSSR count). The minimum Gasteiger partial charge on any atom is -0.466 e. The lowest BCUT2D eigenvalue weighted by molar-refractivity contribution is -0.144. The Morgan fingerprint density at radius 2 is 1.87 bits per heavy atom. The molecule has 0 radical (unpaired) electrons. The van der Waals surface area contributed by atoms with E-state index in [9.17, 15) is 4.79 Å². The van der Waals surface area contributed by atoms with Crippen LogP contribution in [0.1, 0.15) is 40.0 Å². The zero-order valence-corrected chi connectivity index (χ0v) is 10.6. The van der Waals surface area contributed by atoms with Gasteiger partial charge in [-0.1, -0.05) is 13.8 Å². The van der Waals surface area contributed by atoms with Gasteiger partial charge in [0.05, 0.1) is 6.61 Å². The lowest BCUT2D eigenvalue weighted by atomic mass is 9.94. The molecule has 0 saturated carbocycles. The van der Waals surface area contributed by atoms with E-state index in [1.807, 2.05) is 20.8 Å². The molecule has 1 aliphatic rings. The van der Waals surface area contributed by atoms with Crippen molar-refractivity contribution in [3.63, 3.8) is 0 Å². The third-order valence-electron chi connectivity index (χ3n) is 2.60. The Balaban J connectivity index is 0.000000921. The Bertz CT molecular complexity index is 163. The van der Waals surface area contributed by atoms with E-state index in [2.05, 4.69) is 11.9 Å². The number of hydrogen-bond donors (Lipinski definition) is 0. The third-order valence-corrected chi connectivity index (χ3v) is 2.60. The molecule has 0 N–H and O–H groups in total. The van der Waals surface area contributed by atoms with Crippen molar-refractivity contribution in [1.29, 1.82) is 0 Å². The zero-order valence-electron chi connectivity index (χ0n) is 10.6. The van der Waals surface area contributed by atoms with Crippen LogP contribution in [0.25, 0.3) is 0 Å². The Labute approximate surface area is 93.8 Å². The highest BCUT2D eigenvalue weighted by molar-refractivity contribution is 5.69. The lowest BCUT2D eigenvalue weighted by Gasteiger charge is -2.28. The van der Waals surface area contributed by atoms with Crippen LogP contribution in [0.5, 0.6) is 0 Å². The summed E-state index contributed by atoms with van der Waals surface area (Å²) in [4.78, 5) is 13.5. The number of piperidine rings is 1. The fourth-order valence-corrected chi connectivity index (χ4v) is 1.72. The number of ether oxygens (including phenoxy) is 1. The van der Waals surface area contributed by atoms with Crippen LogP contribution in [-0.4, -0.2) is 37.6 Å². The molecule has 90 valence electrons. The molecule has 1 fully saturated rings. The van der Waals surface area contributed by atoms with Gasteiger partial charge < -0.3 is 9.64 Å². The van der Waals surface area contributed by atoms with Crippen molar-refractivity contribution < 1.29 is 9.53 Å². The summed E-state index contributed by atoms with van der Waals surface area (Å²) >= 11 is 0. The van der Waals surface area contributed by atoms with E-state index in [0.717, 1.165) is 25.9 Å². The highest BCUT2D eigenvalue weighted by Crippen LogP contribution is 2.19. The quantitative estimate of drug-likeness (QED) is 0.677. The van der Waals surface area contributed by atoms with Gasteiger partial charge in [0.25, 0.3) is 0 Å². The van der Waals surface area contributed by atoms with E-state index in [0.29, 0.717) is 18.9 Å². The molecule has 0 atom stereocenters. The standard InChI is InChI=1S/C10H19NO2.C2H6/c1-3-13-10(12)8-9-4-6-11(2)7-5-9;1-2/h9H,3-8H2,1-2H3;1-2H3. The van der Waals surface area contributed by atoms with Gasteiger partial charge in [-0.25, -0.2) is 0 Å². The summed E-state index contributed by atoms with van der Waals surface area (Å²) in [5.41, 5.74) is 0. The molecule has 0 aliphatic carbocycles. The van der Waals surface area contributed by atoms with Crippen molar-refractivity contribution in [3.8, 4) is 0 Å². The summed E-state index contributed by atoms with van der Waals surface area (Å²) in [7, 11) is 2.13. The van der Waals surface area contributed by atoms with Crippen molar-refractivity contribution in [2.75, 3.05) is 26.7 Å². The molecule has 0 aromatic carbocycles. The highest BCUT2D eigenvalue weighted by atomic mass is 16.5. The van der Waals surface area contributed by atoms with E-state index in [1.54, 1.807) is 0 Å². The van der Waals surface area contributed by atoms with E-state index in [1.165, 1.54) is 0 Å². The van der Waals surface area contributed by atoms with E-state index in [-0.39, 0.29) is 5.97 Å². The van der Waals surface area contributed by atoms with Crippen LogP contribution in [0.4, 0.5) is 0 Å². The number of carbonyl (C=O) groups excluding carboxylic acids is 1. The predicted molar refractivity (Wildman–Crippen MR) is 62.8 cm³/mol. The number of likely N-dealkylation sites (tertiary alicyclic amines) is 1. The van der Waals surface area contributed by atoms with Crippen molar-refractivity contribution in [1.82, 2.24) is 4.90 Å². The first-order valence-corrected chi connectivity index (χ1v) is 6.06. The van der Waals surface area contributed by atoms with Gasteiger partial charge in [-0.2, -0.15) is 0 Å². The minimum absolute atomic E-state index is 0.0305. The van der Waals surface area contributed by atoms with E-state index < -0.39 is 0 Å². The molecule has 0 aromatic rings. The summed E-state index contributed by atoms with van der Waals surface area (Å²) in [6.07, 6.45) is 2.88. The number of hydrogen-bond acceptors (Lipinski definition) is 3. The first-order valence-electron chi connectivity index (χ1n) is 6.06. The molecular weight excluding hydrogens is 190 g/mol. The van der Waals surface area contributed by atoms with Crippen LogP contribution in [-0.2, 0) is 9.53 Å². The van der Waals surface area contributed by atoms with Crippen LogP contribution in [0.15, 0.2) is 0 Å². The van der Waals surface area contributed by atoms with Crippen LogP contribution in [0.2, 0.25) is 0 Å². The second-order valence-corrected chi connectivity index (χ2v) is 3.76. The van der Waals surface area contributed by atoms with Gasteiger partial charge in [-0.05, 0) is 45.8 Å². The van der Waals surface area contributed by atoms with Gasteiger partial charge in [-0.15, -0.1) is 0 Å². The number of nitrogens with zero attached hydrogens (tertiary/aromatic N) is 1. The van der Waals surface area contributed by atoms with Crippen LogP contribution in [0.3, 0.4) is 0 Å². The number of carbonyl (C=O) groups is 1. The van der Waals surface area contributed by atoms with Gasteiger partial charge in [-0.3, -0.25) is 4.79 Å². The molecule has 3 heteroatoms. The molecular formula is C12H25NO2. The average molecular weight is 215 g/mol. The number of esters is 1. The topological polar surface area (TPSA) is 29.5 Å². The molecule has 15 heavy (non-hydrogen) atoms. The summed E-state index contributed by atoms with van der Waals surface area (Å²) in [5, 5.41) is 0. The normalized spacial score (nSPS) is 17.9. The van der Waals surface area contributed by atoms with E-state index >= 15 is 0 Å². The molecule has 0 unspecified atom stereocenters. The maximum Gasteiger partial charge on any atom is 0.306 e. The zero-order chi connectivity index (χ0) is 11.7. The molecule has 1 heterocycles. The van der Waals surface area contributed by atoms with Crippen molar-refractivity contribution in [2.24, 2.45) is 5.92 Å². The largest absolute Gasteiger partial charge is 0.466 e. The predicted octanol–water partition coefficient (Wildman–Crippen LogP) is 2.31. The summed E-state index contributed by atoms with van der Waals surface area (Å²) in [6.45, 7) is 8.59. The fraction of sp³-hybridized carbons (Fsp3) is 0.917. The molecule has 1 aliphatic heterocycles. The van der Waals surface area contributed by atoms with Gasteiger partial charge in [0.1, 0.15) is 0 Å². The molecule has 0 bridgehead atoms. The Morgan fingerprint density at radius 1 is 1.33 bits per heavy atom. The maximum absolute atomic E-state index is 11.2.